The SMILES string of the molecule is CCN(C(=O)C1(N)CCCC1)C(C)C. The van der Waals surface area contributed by atoms with E-state index in [0.29, 0.717) is 0 Å². The Morgan fingerprint density at radius 2 is 1.93 bits per heavy atom. The number of rotatable bonds is 3. The van der Waals surface area contributed by atoms with E-state index in [1.54, 1.807) is 0 Å². The molecule has 1 rings (SSSR count). The highest BCUT2D eigenvalue weighted by Gasteiger charge is 2.39. The normalized spacial score (nSPS) is 20.1. The van der Waals surface area contributed by atoms with Crippen molar-refractivity contribution in [3.63, 3.8) is 0 Å². The second kappa shape index (κ2) is 4.30. The summed E-state index contributed by atoms with van der Waals surface area (Å²) in [4.78, 5) is 14.0. The molecule has 0 saturated heterocycles. The number of amides is 1. The Kier molecular flexibility index (Phi) is 3.53. The fourth-order valence-corrected chi connectivity index (χ4v) is 2.25. The molecule has 0 bridgehead atoms. The van der Waals surface area contributed by atoms with Crippen LogP contribution in [0.2, 0.25) is 0 Å². The standard InChI is InChI=1S/C11H22N2O/c1-4-13(9(2)3)10(14)11(12)7-5-6-8-11/h9H,4-8,12H2,1-3H3. The topological polar surface area (TPSA) is 46.3 Å². The van der Waals surface area contributed by atoms with Crippen LogP contribution < -0.4 is 5.73 Å². The molecule has 3 heteroatoms. The molecule has 14 heavy (non-hydrogen) atoms. The van der Waals surface area contributed by atoms with Crippen molar-refractivity contribution in [3.8, 4) is 0 Å². The summed E-state index contributed by atoms with van der Waals surface area (Å²) in [6.07, 6.45) is 3.90. The molecular weight excluding hydrogens is 176 g/mol. The summed E-state index contributed by atoms with van der Waals surface area (Å²) in [6.45, 7) is 6.85. The second-order valence-electron chi connectivity index (χ2n) is 4.55. The highest BCUT2D eigenvalue weighted by atomic mass is 16.2. The summed E-state index contributed by atoms with van der Waals surface area (Å²) in [7, 11) is 0. The van der Waals surface area contributed by atoms with Gasteiger partial charge in [0.2, 0.25) is 5.91 Å². The van der Waals surface area contributed by atoms with E-state index in [0.717, 1.165) is 32.2 Å². The molecule has 1 saturated carbocycles. The summed E-state index contributed by atoms with van der Waals surface area (Å²) < 4.78 is 0. The largest absolute Gasteiger partial charge is 0.339 e. The van der Waals surface area contributed by atoms with Gasteiger partial charge in [0.25, 0.3) is 0 Å². The van der Waals surface area contributed by atoms with Crippen molar-refractivity contribution in [1.82, 2.24) is 4.90 Å². The fourth-order valence-electron chi connectivity index (χ4n) is 2.25. The summed E-state index contributed by atoms with van der Waals surface area (Å²) >= 11 is 0. The minimum Gasteiger partial charge on any atom is -0.339 e. The van der Waals surface area contributed by atoms with Crippen LogP contribution in [0.5, 0.6) is 0 Å². The predicted molar refractivity (Wildman–Crippen MR) is 57.9 cm³/mol. The van der Waals surface area contributed by atoms with E-state index in [9.17, 15) is 4.79 Å². The number of hydrogen-bond donors (Lipinski definition) is 1. The van der Waals surface area contributed by atoms with Gasteiger partial charge in [0.1, 0.15) is 0 Å². The Morgan fingerprint density at radius 3 is 2.29 bits per heavy atom. The molecule has 0 atom stereocenters. The molecule has 1 amide bonds. The summed E-state index contributed by atoms with van der Waals surface area (Å²) in [5.74, 6) is 0.146. The van der Waals surface area contributed by atoms with Crippen molar-refractivity contribution in [1.29, 1.82) is 0 Å². The first kappa shape index (κ1) is 11.5. The third-order valence-electron chi connectivity index (χ3n) is 3.15. The van der Waals surface area contributed by atoms with E-state index in [4.69, 9.17) is 5.73 Å². The molecule has 0 aromatic carbocycles. The average molecular weight is 198 g/mol. The first-order valence-corrected chi connectivity index (χ1v) is 5.61. The molecule has 1 aliphatic carbocycles. The van der Waals surface area contributed by atoms with Crippen molar-refractivity contribution in [2.75, 3.05) is 6.54 Å². The van der Waals surface area contributed by atoms with Crippen LogP contribution in [0.1, 0.15) is 46.5 Å². The van der Waals surface area contributed by atoms with Gasteiger partial charge in [0, 0.05) is 12.6 Å². The highest BCUT2D eigenvalue weighted by molar-refractivity contribution is 5.86. The van der Waals surface area contributed by atoms with Crippen LogP contribution in [0.4, 0.5) is 0 Å². The molecule has 0 aromatic rings. The fraction of sp³-hybridized carbons (Fsp3) is 0.909. The molecule has 1 fully saturated rings. The number of hydrogen-bond acceptors (Lipinski definition) is 2. The van der Waals surface area contributed by atoms with Gasteiger partial charge in [-0.05, 0) is 33.6 Å². The smallest absolute Gasteiger partial charge is 0.242 e. The number of carbonyl (C=O) groups is 1. The summed E-state index contributed by atoms with van der Waals surface area (Å²) in [5.41, 5.74) is 5.57. The number of nitrogens with two attached hydrogens (primary N) is 1. The third kappa shape index (κ3) is 2.08. The van der Waals surface area contributed by atoms with Crippen LogP contribution in [0, 0.1) is 0 Å². The van der Waals surface area contributed by atoms with Gasteiger partial charge in [0.05, 0.1) is 5.54 Å². The Morgan fingerprint density at radius 1 is 1.43 bits per heavy atom. The van der Waals surface area contributed by atoms with Crippen LogP contribution in [0.15, 0.2) is 0 Å². The zero-order valence-electron chi connectivity index (χ0n) is 9.55. The van der Waals surface area contributed by atoms with E-state index in [2.05, 4.69) is 0 Å². The Labute approximate surface area is 86.6 Å². The predicted octanol–water partition coefficient (Wildman–Crippen LogP) is 1.51. The molecular formula is C11H22N2O. The van der Waals surface area contributed by atoms with Crippen molar-refractivity contribution in [3.05, 3.63) is 0 Å². The second-order valence-corrected chi connectivity index (χ2v) is 4.55. The van der Waals surface area contributed by atoms with Crippen molar-refractivity contribution < 1.29 is 4.79 Å². The average Bonchev–Trinajstić information content (AvgIpc) is 2.54. The van der Waals surface area contributed by atoms with Gasteiger partial charge < -0.3 is 10.6 Å². The van der Waals surface area contributed by atoms with E-state index in [1.165, 1.54) is 0 Å². The molecule has 82 valence electrons. The van der Waals surface area contributed by atoms with Crippen LogP contribution >= 0.6 is 0 Å². The van der Waals surface area contributed by atoms with Crippen LogP contribution in [-0.2, 0) is 4.79 Å². The number of nitrogens with zero attached hydrogens (tertiary/aromatic N) is 1. The molecule has 2 N–H and O–H groups in total. The van der Waals surface area contributed by atoms with E-state index in [-0.39, 0.29) is 11.9 Å². The Bertz CT molecular complexity index is 207. The first-order valence-electron chi connectivity index (χ1n) is 5.61. The third-order valence-corrected chi connectivity index (χ3v) is 3.15. The maximum Gasteiger partial charge on any atom is 0.242 e. The van der Waals surface area contributed by atoms with Crippen LogP contribution in [0.25, 0.3) is 0 Å². The number of likely N-dealkylation sites (N-methyl/N-ethyl adjacent to an activating group) is 1. The van der Waals surface area contributed by atoms with Gasteiger partial charge in [-0.1, -0.05) is 12.8 Å². The van der Waals surface area contributed by atoms with E-state index in [1.807, 2.05) is 25.7 Å². The lowest BCUT2D eigenvalue weighted by Gasteiger charge is -2.33. The molecule has 0 aromatic heterocycles. The molecule has 0 spiro atoms. The maximum absolute atomic E-state index is 12.1. The molecule has 0 heterocycles. The van der Waals surface area contributed by atoms with Gasteiger partial charge in [-0.25, -0.2) is 0 Å². The quantitative estimate of drug-likeness (QED) is 0.747. The van der Waals surface area contributed by atoms with Crippen molar-refractivity contribution >= 4 is 5.91 Å². The lowest BCUT2D eigenvalue weighted by molar-refractivity contribution is -0.138. The van der Waals surface area contributed by atoms with E-state index >= 15 is 0 Å². The molecule has 0 unspecified atom stereocenters. The van der Waals surface area contributed by atoms with Gasteiger partial charge in [-0.2, -0.15) is 0 Å². The lowest BCUT2D eigenvalue weighted by atomic mass is 9.96. The molecule has 0 aliphatic heterocycles. The van der Waals surface area contributed by atoms with Gasteiger partial charge in [0.15, 0.2) is 0 Å². The monoisotopic (exact) mass is 198 g/mol. The summed E-state index contributed by atoms with van der Waals surface area (Å²) in [6, 6.07) is 0.258. The molecule has 1 aliphatic rings. The maximum atomic E-state index is 12.1. The Balaban J connectivity index is 2.71. The van der Waals surface area contributed by atoms with Crippen molar-refractivity contribution in [2.24, 2.45) is 5.73 Å². The Hall–Kier alpha value is -0.570. The van der Waals surface area contributed by atoms with Crippen LogP contribution in [0.3, 0.4) is 0 Å². The minimum absolute atomic E-state index is 0.146. The van der Waals surface area contributed by atoms with Crippen molar-refractivity contribution in [2.45, 2.75) is 58.0 Å². The lowest BCUT2D eigenvalue weighted by Crippen LogP contribution is -2.55. The zero-order valence-corrected chi connectivity index (χ0v) is 9.55. The first-order chi connectivity index (χ1) is 6.51. The highest BCUT2D eigenvalue weighted by Crippen LogP contribution is 2.29. The van der Waals surface area contributed by atoms with Gasteiger partial charge in [-0.3, -0.25) is 4.79 Å². The number of carbonyl (C=O) groups excluding carboxylic acids is 1. The molecule has 3 nitrogen and oxygen atoms in total. The minimum atomic E-state index is -0.555. The molecule has 0 radical (unpaired) electrons. The van der Waals surface area contributed by atoms with Crippen LogP contribution in [-0.4, -0.2) is 28.9 Å². The van der Waals surface area contributed by atoms with Gasteiger partial charge in [-0.15, -0.1) is 0 Å². The van der Waals surface area contributed by atoms with Gasteiger partial charge >= 0.3 is 0 Å². The summed E-state index contributed by atoms with van der Waals surface area (Å²) in [5, 5.41) is 0. The zero-order chi connectivity index (χ0) is 10.8. The van der Waals surface area contributed by atoms with E-state index < -0.39 is 5.54 Å².